The highest BCUT2D eigenvalue weighted by Gasteiger charge is 2.10. The van der Waals surface area contributed by atoms with Gasteiger partial charge in [-0.2, -0.15) is 0 Å². The number of benzene rings is 1. The van der Waals surface area contributed by atoms with Crippen molar-refractivity contribution in [1.82, 2.24) is 0 Å². The van der Waals surface area contributed by atoms with Gasteiger partial charge in [0, 0.05) is 0 Å². The highest BCUT2D eigenvalue weighted by atomic mass is 19.1. The molecule has 0 saturated heterocycles. The van der Waals surface area contributed by atoms with Crippen molar-refractivity contribution in [1.29, 1.82) is 0 Å². The monoisotopic (exact) mass is 226 g/mol. The Morgan fingerprint density at radius 3 is 2.81 bits per heavy atom. The summed E-state index contributed by atoms with van der Waals surface area (Å²) in [5, 5.41) is 9.12. The van der Waals surface area contributed by atoms with Crippen molar-refractivity contribution in [3.63, 3.8) is 0 Å². The Balaban J connectivity index is 2.77. The molecule has 1 N–H and O–H groups in total. The van der Waals surface area contributed by atoms with Gasteiger partial charge in [0.1, 0.15) is 6.61 Å². The minimum absolute atomic E-state index is 0.125. The number of hydrogen-bond donors (Lipinski definition) is 1. The molecule has 16 heavy (non-hydrogen) atoms. The Morgan fingerprint density at radius 2 is 2.19 bits per heavy atom. The van der Waals surface area contributed by atoms with Gasteiger partial charge in [-0.3, -0.25) is 0 Å². The Morgan fingerprint density at radius 1 is 1.44 bits per heavy atom. The van der Waals surface area contributed by atoms with E-state index >= 15 is 0 Å². The number of aliphatic hydroxyl groups excluding tert-OH is 1. The minimum atomic E-state index is -0.585. The van der Waals surface area contributed by atoms with E-state index in [4.69, 9.17) is 9.84 Å². The van der Waals surface area contributed by atoms with Crippen LogP contribution >= 0.6 is 0 Å². The van der Waals surface area contributed by atoms with E-state index in [-0.39, 0.29) is 18.2 Å². The van der Waals surface area contributed by atoms with Gasteiger partial charge < -0.3 is 9.84 Å². The van der Waals surface area contributed by atoms with Crippen LogP contribution in [0, 0.1) is 5.82 Å². The molecule has 90 valence electrons. The Hall–Kier alpha value is -1.09. The summed E-state index contributed by atoms with van der Waals surface area (Å²) in [6.07, 6.45) is 2.29. The van der Waals surface area contributed by atoms with Gasteiger partial charge in [-0.05, 0) is 31.4 Å². The number of unbranched alkanes of at least 4 members (excludes halogenated alkanes) is 1. The van der Waals surface area contributed by atoms with Crippen LogP contribution in [0.5, 0.6) is 5.75 Å². The maximum atomic E-state index is 13.5. The van der Waals surface area contributed by atoms with E-state index in [2.05, 4.69) is 6.92 Å². The zero-order valence-electron chi connectivity index (χ0n) is 9.87. The summed E-state index contributed by atoms with van der Waals surface area (Å²) in [5.74, 6) is -0.0638. The average Bonchev–Trinajstić information content (AvgIpc) is 2.24. The lowest BCUT2D eigenvalue weighted by molar-refractivity contribution is 0.119. The molecule has 1 atom stereocenters. The molecule has 1 unspecified atom stereocenters. The van der Waals surface area contributed by atoms with Gasteiger partial charge in [-0.25, -0.2) is 4.39 Å². The first-order chi connectivity index (χ1) is 7.65. The summed E-state index contributed by atoms with van der Waals surface area (Å²) in [7, 11) is 0. The lowest BCUT2D eigenvalue weighted by atomic mass is 10.1. The highest BCUT2D eigenvalue weighted by molar-refractivity contribution is 5.35. The average molecular weight is 226 g/mol. The zero-order chi connectivity index (χ0) is 12.0. The summed E-state index contributed by atoms with van der Waals surface area (Å²) < 4.78 is 18.8. The van der Waals surface area contributed by atoms with Crippen molar-refractivity contribution in [2.75, 3.05) is 6.61 Å². The number of ether oxygens (including phenoxy) is 1. The number of rotatable bonds is 6. The summed E-state index contributed by atoms with van der Waals surface area (Å²) >= 11 is 0. The van der Waals surface area contributed by atoms with Gasteiger partial charge in [0.2, 0.25) is 0 Å². The van der Waals surface area contributed by atoms with Crippen molar-refractivity contribution < 1.29 is 14.2 Å². The molecule has 1 aromatic carbocycles. The van der Waals surface area contributed by atoms with Crippen LogP contribution in [0.15, 0.2) is 18.2 Å². The topological polar surface area (TPSA) is 29.5 Å². The summed E-state index contributed by atoms with van der Waals surface area (Å²) in [5.41, 5.74) is 0.877. The third-order valence-corrected chi connectivity index (χ3v) is 2.32. The molecular weight excluding hydrogens is 207 g/mol. The molecule has 0 fully saturated rings. The van der Waals surface area contributed by atoms with E-state index < -0.39 is 6.10 Å². The second-order valence-electron chi connectivity index (χ2n) is 3.99. The second-order valence-corrected chi connectivity index (χ2v) is 3.99. The van der Waals surface area contributed by atoms with Crippen LogP contribution in [0.25, 0.3) is 0 Å². The molecule has 0 aliphatic rings. The summed E-state index contributed by atoms with van der Waals surface area (Å²) in [4.78, 5) is 0. The van der Waals surface area contributed by atoms with Crippen LogP contribution < -0.4 is 4.74 Å². The van der Waals surface area contributed by atoms with E-state index in [1.807, 2.05) is 6.07 Å². The number of hydrogen-bond acceptors (Lipinski definition) is 2. The molecule has 0 bridgehead atoms. The molecule has 0 aliphatic heterocycles. The first kappa shape index (κ1) is 13.0. The Labute approximate surface area is 96.1 Å². The number of aryl methyl sites for hydroxylation is 1. The van der Waals surface area contributed by atoms with Gasteiger partial charge >= 0.3 is 0 Å². The molecule has 3 heteroatoms. The first-order valence-corrected chi connectivity index (χ1v) is 5.73. The zero-order valence-corrected chi connectivity index (χ0v) is 9.87. The molecule has 0 heterocycles. The number of aliphatic hydroxyl groups is 1. The van der Waals surface area contributed by atoms with Gasteiger partial charge in [-0.15, -0.1) is 0 Å². The smallest absolute Gasteiger partial charge is 0.165 e. The summed E-state index contributed by atoms with van der Waals surface area (Å²) in [6, 6.07) is 4.94. The molecule has 0 saturated carbocycles. The molecule has 0 aromatic heterocycles. The number of halogens is 1. The predicted octanol–water partition coefficient (Wildman–Crippen LogP) is 2.93. The lowest BCUT2D eigenvalue weighted by Crippen LogP contribution is -2.14. The van der Waals surface area contributed by atoms with Crippen molar-refractivity contribution in [2.24, 2.45) is 0 Å². The van der Waals surface area contributed by atoms with E-state index in [0.717, 1.165) is 24.8 Å². The van der Waals surface area contributed by atoms with Crippen LogP contribution in [-0.2, 0) is 6.42 Å². The molecule has 0 spiro atoms. The predicted molar refractivity (Wildman–Crippen MR) is 62.2 cm³/mol. The first-order valence-electron chi connectivity index (χ1n) is 5.73. The fourth-order valence-corrected chi connectivity index (χ4v) is 1.48. The Kier molecular flexibility index (Phi) is 5.26. The molecule has 1 aromatic rings. The highest BCUT2D eigenvalue weighted by Crippen LogP contribution is 2.24. The fraction of sp³-hybridized carbons (Fsp3) is 0.538. The van der Waals surface area contributed by atoms with Crippen molar-refractivity contribution in [2.45, 2.75) is 39.2 Å². The van der Waals surface area contributed by atoms with Gasteiger partial charge in [0.15, 0.2) is 11.6 Å². The number of para-hydroxylation sites is 1. The largest absolute Gasteiger partial charge is 0.488 e. The SMILES string of the molecule is CCCCc1cccc(F)c1OCC(C)O. The van der Waals surface area contributed by atoms with Crippen molar-refractivity contribution in [3.8, 4) is 5.75 Å². The van der Waals surface area contributed by atoms with Crippen LogP contribution in [0.3, 0.4) is 0 Å². The molecule has 0 aliphatic carbocycles. The molecular formula is C13H19FO2. The lowest BCUT2D eigenvalue weighted by Gasteiger charge is -2.13. The summed E-state index contributed by atoms with van der Waals surface area (Å²) in [6.45, 7) is 3.84. The van der Waals surface area contributed by atoms with Gasteiger partial charge in [-0.1, -0.05) is 25.5 Å². The maximum Gasteiger partial charge on any atom is 0.165 e. The van der Waals surface area contributed by atoms with Gasteiger partial charge in [0.05, 0.1) is 6.10 Å². The van der Waals surface area contributed by atoms with E-state index in [1.165, 1.54) is 6.07 Å². The Bertz CT molecular complexity index is 324. The van der Waals surface area contributed by atoms with Crippen molar-refractivity contribution in [3.05, 3.63) is 29.6 Å². The van der Waals surface area contributed by atoms with E-state index in [9.17, 15) is 4.39 Å². The fourth-order valence-electron chi connectivity index (χ4n) is 1.48. The van der Waals surface area contributed by atoms with E-state index in [1.54, 1.807) is 13.0 Å². The molecule has 1 rings (SSSR count). The van der Waals surface area contributed by atoms with Crippen LogP contribution in [0.2, 0.25) is 0 Å². The quantitative estimate of drug-likeness (QED) is 0.808. The maximum absolute atomic E-state index is 13.5. The normalized spacial score (nSPS) is 12.5. The molecule has 2 nitrogen and oxygen atoms in total. The third kappa shape index (κ3) is 3.81. The third-order valence-electron chi connectivity index (χ3n) is 2.32. The minimum Gasteiger partial charge on any atom is -0.488 e. The molecule has 0 radical (unpaired) electrons. The van der Waals surface area contributed by atoms with Crippen molar-refractivity contribution >= 4 is 0 Å². The van der Waals surface area contributed by atoms with Gasteiger partial charge in [0.25, 0.3) is 0 Å². The van der Waals surface area contributed by atoms with E-state index in [0.29, 0.717) is 0 Å². The molecule has 0 amide bonds. The van der Waals surface area contributed by atoms with Crippen LogP contribution in [0.1, 0.15) is 32.3 Å². The van der Waals surface area contributed by atoms with Crippen LogP contribution in [0.4, 0.5) is 4.39 Å². The standard InChI is InChI=1S/C13H19FO2/c1-3-4-6-11-7-5-8-12(14)13(11)16-9-10(2)15/h5,7-8,10,15H,3-4,6,9H2,1-2H3. The van der Waals surface area contributed by atoms with Crippen LogP contribution in [-0.4, -0.2) is 17.8 Å². The second kappa shape index (κ2) is 6.48.